The first kappa shape index (κ1) is 17.7. The molecule has 7 heteroatoms. The number of aromatic carboxylic acids is 1. The average Bonchev–Trinajstić information content (AvgIpc) is 2.67. The molecule has 26 heavy (non-hydrogen) atoms. The van der Waals surface area contributed by atoms with E-state index in [9.17, 15) is 9.59 Å². The first-order chi connectivity index (χ1) is 12.6. The molecule has 1 atom stereocenters. The van der Waals surface area contributed by atoms with E-state index in [-0.39, 0.29) is 18.2 Å². The molecule has 1 aromatic heterocycles. The summed E-state index contributed by atoms with van der Waals surface area (Å²) < 4.78 is 5.26. The molecule has 3 rings (SSSR count). The Kier molecular flexibility index (Phi) is 5.68. The van der Waals surface area contributed by atoms with Crippen molar-refractivity contribution in [3.05, 3.63) is 59.8 Å². The maximum absolute atomic E-state index is 12.0. The van der Waals surface area contributed by atoms with Crippen molar-refractivity contribution in [2.75, 3.05) is 18.0 Å². The summed E-state index contributed by atoms with van der Waals surface area (Å²) in [6.45, 7) is 1.56. The van der Waals surface area contributed by atoms with Crippen LogP contribution in [0.4, 0.5) is 10.6 Å². The number of aromatic nitrogens is 1. The van der Waals surface area contributed by atoms with E-state index in [1.54, 1.807) is 6.07 Å². The van der Waals surface area contributed by atoms with E-state index in [4.69, 9.17) is 9.84 Å². The Morgan fingerprint density at radius 1 is 1.27 bits per heavy atom. The van der Waals surface area contributed by atoms with Gasteiger partial charge in [-0.1, -0.05) is 30.3 Å². The number of carboxylic acids is 1. The van der Waals surface area contributed by atoms with E-state index in [1.807, 2.05) is 35.2 Å². The van der Waals surface area contributed by atoms with Crippen molar-refractivity contribution in [1.82, 2.24) is 10.3 Å². The highest BCUT2D eigenvalue weighted by Crippen LogP contribution is 2.19. The number of hydrogen-bond donors (Lipinski definition) is 2. The molecule has 7 nitrogen and oxygen atoms in total. The molecule has 0 radical (unpaired) electrons. The van der Waals surface area contributed by atoms with Gasteiger partial charge in [-0.3, -0.25) is 0 Å². The highest BCUT2D eigenvalue weighted by atomic mass is 16.5. The molecule has 1 aliphatic rings. The highest BCUT2D eigenvalue weighted by Gasteiger charge is 2.23. The summed E-state index contributed by atoms with van der Waals surface area (Å²) >= 11 is 0. The highest BCUT2D eigenvalue weighted by molar-refractivity contribution is 5.88. The number of anilines is 1. The number of hydrogen-bond acceptors (Lipinski definition) is 5. The van der Waals surface area contributed by atoms with Gasteiger partial charge in [0.1, 0.15) is 12.4 Å². The van der Waals surface area contributed by atoms with Gasteiger partial charge in [0, 0.05) is 25.3 Å². The Morgan fingerprint density at radius 2 is 2.08 bits per heavy atom. The number of carboxylic acid groups (broad SMARTS) is 1. The smallest absolute Gasteiger partial charge is 0.407 e. The molecule has 2 heterocycles. The number of carbonyl (C=O) groups excluding carboxylic acids is 1. The molecule has 1 fully saturated rings. The molecule has 136 valence electrons. The number of ether oxygens (including phenoxy) is 1. The third-order valence-electron chi connectivity index (χ3n) is 4.27. The van der Waals surface area contributed by atoms with E-state index in [0.717, 1.165) is 24.9 Å². The molecular weight excluding hydrogens is 334 g/mol. The lowest BCUT2D eigenvalue weighted by Crippen LogP contribution is -2.48. The Hall–Kier alpha value is -3.09. The Labute approximate surface area is 151 Å². The van der Waals surface area contributed by atoms with E-state index >= 15 is 0 Å². The summed E-state index contributed by atoms with van der Waals surface area (Å²) in [5.74, 6) is -0.376. The second-order valence-electron chi connectivity index (χ2n) is 6.20. The molecule has 0 aliphatic carbocycles. The number of rotatable bonds is 5. The number of benzene rings is 1. The number of alkyl carbamates (subject to hydrolysis) is 1. The van der Waals surface area contributed by atoms with Crippen LogP contribution >= 0.6 is 0 Å². The number of carbonyl (C=O) groups is 2. The Morgan fingerprint density at radius 3 is 2.85 bits per heavy atom. The zero-order valence-electron chi connectivity index (χ0n) is 14.3. The number of piperidine rings is 1. The summed E-state index contributed by atoms with van der Waals surface area (Å²) in [6.07, 6.45) is 2.76. The van der Waals surface area contributed by atoms with Gasteiger partial charge in [-0.15, -0.1) is 0 Å². The van der Waals surface area contributed by atoms with Crippen molar-refractivity contribution >= 4 is 17.9 Å². The predicted molar refractivity (Wildman–Crippen MR) is 96.2 cm³/mol. The van der Waals surface area contributed by atoms with Crippen LogP contribution in [0.3, 0.4) is 0 Å². The second kappa shape index (κ2) is 8.33. The molecule has 1 amide bonds. The largest absolute Gasteiger partial charge is 0.478 e. The molecule has 0 bridgehead atoms. The van der Waals surface area contributed by atoms with Crippen LogP contribution < -0.4 is 10.2 Å². The lowest BCUT2D eigenvalue weighted by molar-refractivity contribution is 0.0696. The SMILES string of the molecule is O=C(NC1CCCN(c2cc(C(=O)O)ccn2)C1)OCc1ccccc1. The van der Waals surface area contributed by atoms with Crippen LogP contribution in [-0.4, -0.2) is 41.3 Å². The average molecular weight is 355 g/mol. The van der Waals surface area contributed by atoms with Crippen molar-refractivity contribution in [2.24, 2.45) is 0 Å². The fourth-order valence-corrected chi connectivity index (χ4v) is 2.96. The van der Waals surface area contributed by atoms with E-state index in [0.29, 0.717) is 12.4 Å². The van der Waals surface area contributed by atoms with Gasteiger partial charge in [0.15, 0.2) is 0 Å². The van der Waals surface area contributed by atoms with Gasteiger partial charge in [0.25, 0.3) is 0 Å². The number of amides is 1. The van der Waals surface area contributed by atoms with Gasteiger partial charge in [0.05, 0.1) is 5.56 Å². The quantitative estimate of drug-likeness (QED) is 0.857. The van der Waals surface area contributed by atoms with Crippen molar-refractivity contribution < 1.29 is 19.4 Å². The third-order valence-corrected chi connectivity index (χ3v) is 4.27. The standard InChI is InChI=1S/C19H21N3O4/c23-18(24)15-8-9-20-17(11-15)22-10-4-7-16(12-22)21-19(25)26-13-14-5-2-1-3-6-14/h1-3,5-6,8-9,11,16H,4,7,10,12-13H2,(H,21,25)(H,23,24). The maximum atomic E-state index is 12.0. The normalized spacial score (nSPS) is 16.8. The van der Waals surface area contributed by atoms with Crippen molar-refractivity contribution in [3.63, 3.8) is 0 Å². The van der Waals surface area contributed by atoms with E-state index in [2.05, 4.69) is 10.3 Å². The zero-order valence-corrected chi connectivity index (χ0v) is 14.3. The van der Waals surface area contributed by atoms with Gasteiger partial charge in [-0.25, -0.2) is 14.6 Å². The number of nitrogens with one attached hydrogen (secondary N) is 1. The first-order valence-corrected chi connectivity index (χ1v) is 8.53. The Balaban J connectivity index is 1.54. The van der Waals surface area contributed by atoms with E-state index in [1.165, 1.54) is 12.3 Å². The van der Waals surface area contributed by atoms with Crippen LogP contribution in [0.2, 0.25) is 0 Å². The number of nitrogens with zero attached hydrogens (tertiary/aromatic N) is 2. The van der Waals surface area contributed by atoms with Crippen LogP contribution in [0.5, 0.6) is 0 Å². The van der Waals surface area contributed by atoms with Crippen molar-refractivity contribution in [1.29, 1.82) is 0 Å². The second-order valence-corrected chi connectivity index (χ2v) is 6.20. The summed E-state index contributed by atoms with van der Waals surface area (Å²) in [7, 11) is 0. The molecule has 0 spiro atoms. The topological polar surface area (TPSA) is 91.8 Å². The third kappa shape index (κ3) is 4.72. The number of pyridine rings is 1. The van der Waals surface area contributed by atoms with Gasteiger partial charge in [-0.2, -0.15) is 0 Å². The van der Waals surface area contributed by atoms with Crippen LogP contribution in [0.25, 0.3) is 0 Å². The predicted octanol–water partition coefficient (Wildman–Crippen LogP) is 2.68. The minimum atomic E-state index is -0.982. The molecule has 1 aliphatic heterocycles. The molecule has 1 unspecified atom stereocenters. The Bertz CT molecular complexity index is 766. The van der Waals surface area contributed by atoms with Gasteiger partial charge in [-0.05, 0) is 30.5 Å². The van der Waals surface area contributed by atoms with Gasteiger partial charge < -0.3 is 20.1 Å². The van der Waals surface area contributed by atoms with Gasteiger partial charge in [0.2, 0.25) is 0 Å². The summed E-state index contributed by atoms with van der Waals surface area (Å²) in [5, 5.41) is 12.0. The van der Waals surface area contributed by atoms with E-state index < -0.39 is 12.1 Å². The van der Waals surface area contributed by atoms with Gasteiger partial charge >= 0.3 is 12.1 Å². The molecule has 2 aromatic rings. The molecular formula is C19H21N3O4. The monoisotopic (exact) mass is 355 g/mol. The molecule has 2 N–H and O–H groups in total. The van der Waals surface area contributed by atoms with Crippen LogP contribution in [0.1, 0.15) is 28.8 Å². The fourth-order valence-electron chi connectivity index (χ4n) is 2.96. The van der Waals surface area contributed by atoms with Crippen LogP contribution in [0.15, 0.2) is 48.7 Å². The summed E-state index contributed by atoms with van der Waals surface area (Å²) in [5.41, 5.74) is 1.13. The minimum absolute atomic E-state index is 0.0673. The van der Waals surface area contributed by atoms with Crippen molar-refractivity contribution in [3.8, 4) is 0 Å². The first-order valence-electron chi connectivity index (χ1n) is 8.53. The summed E-state index contributed by atoms with van der Waals surface area (Å²) in [6, 6.07) is 12.5. The lowest BCUT2D eigenvalue weighted by Gasteiger charge is -2.33. The summed E-state index contributed by atoms with van der Waals surface area (Å²) in [4.78, 5) is 29.4. The van der Waals surface area contributed by atoms with Crippen LogP contribution in [0, 0.1) is 0 Å². The lowest BCUT2D eigenvalue weighted by atomic mass is 10.1. The molecule has 0 saturated carbocycles. The van der Waals surface area contributed by atoms with Crippen LogP contribution in [-0.2, 0) is 11.3 Å². The zero-order chi connectivity index (χ0) is 18.4. The molecule has 1 saturated heterocycles. The molecule has 1 aromatic carbocycles. The minimum Gasteiger partial charge on any atom is -0.478 e. The van der Waals surface area contributed by atoms with Crippen molar-refractivity contribution in [2.45, 2.75) is 25.5 Å². The fraction of sp³-hybridized carbons (Fsp3) is 0.316. The maximum Gasteiger partial charge on any atom is 0.407 e.